The topological polar surface area (TPSA) is 72.9 Å². The highest BCUT2D eigenvalue weighted by molar-refractivity contribution is 5.91. The maximum atomic E-state index is 11.5. The van der Waals surface area contributed by atoms with Crippen LogP contribution < -0.4 is 11.1 Å². The molecule has 1 unspecified atom stereocenters. The molecule has 1 aromatic heterocycles. The van der Waals surface area contributed by atoms with E-state index in [2.05, 4.69) is 10.3 Å². The van der Waals surface area contributed by atoms with Gasteiger partial charge >= 0.3 is 0 Å². The lowest BCUT2D eigenvalue weighted by molar-refractivity contribution is 0.0944. The van der Waals surface area contributed by atoms with Gasteiger partial charge in [0.15, 0.2) is 0 Å². The van der Waals surface area contributed by atoms with Crippen molar-refractivity contribution in [2.45, 2.75) is 6.92 Å². The normalized spacial score (nSPS) is 12.5. The summed E-state index contributed by atoms with van der Waals surface area (Å²) in [7, 11) is 1.83. The molecule has 1 amide bonds. The average Bonchev–Trinajstić information content (AvgIpc) is 2.60. The molecule has 0 fully saturated rings. The Morgan fingerprint density at radius 3 is 3.00 bits per heavy atom. The van der Waals surface area contributed by atoms with Crippen LogP contribution in [0.5, 0.6) is 0 Å². The smallest absolute Gasteiger partial charge is 0.271 e. The van der Waals surface area contributed by atoms with Crippen molar-refractivity contribution in [2.24, 2.45) is 18.7 Å². The molecule has 1 rings (SSSR count). The molecule has 0 aliphatic rings. The third-order valence-corrected chi connectivity index (χ3v) is 1.95. The summed E-state index contributed by atoms with van der Waals surface area (Å²) in [4.78, 5) is 15.4. The Labute approximate surface area is 83.3 Å². The second-order valence-corrected chi connectivity index (χ2v) is 3.48. The zero-order chi connectivity index (χ0) is 10.6. The van der Waals surface area contributed by atoms with Crippen LogP contribution in [0.1, 0.15) is 17.4 Å². The molecule has 78 valence electrons. The molecule has 1 aromatic rings. The van der Waals surface area contributed by atoms with E-state index in [0.29, 0.717) is 24.7 Å². The number of nitrogens with two attached hydrogens (primary N) is 1. The number of imidazole rings is 1. The minimum Gasteiger partial charge on any atom is -0.350 e. The second-order valence-electron chi connectivity index (χ2n) is 3.48. The number of amides is 1. The van der Waals surface area contributed by atoms with Crippen molar-refractivity contribution >= 4 is 5.91 Å². The molecule has 5 heteroatoms. The molecule has 0 radical (unpaired) electrons. The summed E-state index contributed by atoms with van der Waals surface area (Å²) < 4.78 is 1.74. The largest absolute Gasteiger partial charge is 0.350 e. The van der Waals surface area contributed by atoms with Crippen LogP contribution in [0.2, 0.25) is 0 Å². The molecule has 14 heavy (non-hydrogen) atoms. The Hall–Kier alpha value is -1.36. The zero-order valence-corrected chi connectivity index (χ0v) is 8.53. The van der Waals surface area contributed by atoms with Gasteiger partial charge in [-0.15, -0.1) is 0 Å². The number of nitrogens with one attached hydrogen (secondary N) is 1. The highest BCUT2D eigenvalue weighted by atomic mass is 16.1. The molecular weight excluding hydrogens is 180 g/mol. The summed E-state index contributed by atoms with van der Waals surface area (Å²) in [5.41, 5.74) is 5.87. The summed E-state index contributed by atoms with van der Waals surface area (Å²) in [6.07, 6.45) is 3.28. The molecule has 1 atom stereocenters. The van der Waals surface area contributed by atoms with E-state index in [-0.39, 0.29) is 5.91 Å². The lowest BCUT2D eigenvalue weighted by atomic mass is 10.2. The van der Waals surface area contributed by atoms with Crippen molar-refractivity contribution < 1.29 is 4.79 Å². The third-order valence-electron chi connectivity index (χ3n) is 1.95. The first-order valence-electron chi connectivity index (χ1n) is 4.59. The van der Waals surface area contributed by atoms with Crippen molar-refractivity contribution in [3.05, 3.63) is 18.2 Å². The molecule has 0 aliphatic heterocycles. The number of carbonyl (C=O) groups is 1. The van der Waals surface area contributed by atoms with Crippen LogP contribution >= 0.6 is 0 Å². The van der Waals surface area contributed by atoms with E-state index >= 15 is 0 Å². The first-order chi connectivity index (χ1) is 6.63. The van der Waals surface area contributed by atoms with Gasteiger partial charge in [0.05, 0.1) is 6.33 Å². The molecule has 0 saturated heterocycles. The van der Waals surface area contributed by atoms with E-state index in [4.69, 9.17) is 5.73 Å². The van der Waals surface area contributed by atoms with Crippen LogP contribution in [0.4, 0.5) is 0 Å². The van der Waals surface area contributed by atoms with Crippen molar-refractivity contribution in [3.8, 4) is 0 Å². The minimum absolute atomic E-state index is 0.147. The molecule has 3 N–H and O–H groups in total. The number of aryl methyl sites for hydroxylation is 1. The van der Waals surface area contributed by atoms with E-state index in [9.17, 15) is 4.79 Å². The molecule has 0 bridgehead atoms. The number of aromatic nitrogens is 2. The number of rotatable bonds is 4. The van der Waals surface area contributed by atoms with Gasteiger partial charge in [-0.1, -0.05) is 6.92 Å². The van der Waals surface area contributed by atoms with E-state index < -0.39 is 0 Å². The number of hydrogen-bond donors (Lipinski definition) is 2. The summed E-state index contributed by atoms with van der Waals surface area (Å²) in [6.45, 7) is 3.15. The van der Waals surface area contributed by atoms with Gasteiger partial charge < -0.3 is 15.6 Å². The van der Waals surface area contributed by atoms with Crippen molar-refractivity contribution in [3.63, 3.8) is 0 Å². The van der Waals surface area contributed by atoms with E-state index in [1.54, 1.807) is 17.1 Å². The van der Waals surface area contributed by atoms with Crippen molar-refractivity contribution in [1.82, 2.24) is 14.9 Å². The van der Waals surface area contributed by atoms with Gasteiger partial charge in [-0.3, -0.25) is 4.79 Å². The average molecular weight is 196 g/mol. The monoisotopic (exact) mass is 196 g/mol. The summed E-state index contributed by atoms with van der Waals surface area (Å²) in [6, 6.07) is 0. The summed E-state index contributed by atoms with van der Waals surface area (Å²) in [5.74, 6) is 0.147. The number of carbonyl (C=O) groups excluding carboxylic acids is 1. The molecular formula is C9H16N4O. The van der Waals surface area contributed by atoms with Gasteiger partial charge in [0.25, 0.3) is 5.91 Å². The minimum atomic E-state index is -0.147. The molecule has 0 spiro atoms. The van der Waals surface area contributed by atoms with Gasteiger partial charge in [-0.2, -0.15) is 0 Å². The molecule has 0 saturated carbocycles. The van der Waals surface area contributed by atoms with Crippen LogP contribution in [0.3, 0.4) is 0 Å². The molecule has 0 aliphatic carbocycles. The van der Waals surface area contributed by atoms with Crippen LogP contribution in [-0.4, -0.2) is 28.5 Å². The Balaban J connectivity index is 2.43. The first kappa shape index (κ1) is 10.7. The fourth-order valence-corrected chi connectivity index (χ4v) is 0.971. The Bertz CT molecular complexity index is 308. The summed E-state index contributed by atoms with van der Waals surface area (Å²) in [5, 5.41) is 2.77. The van der Waals surface area contributed by atoms with Gasteiger partial charge in [0, 0.05) is 19.8 Å². The summed E-state index contributed by atoms with van der Waals surface area (Å²) >= 11 is 0. The fraction of sp³-hybridized carbons (Fsp3) is 0.556. The second kappa shape index (κ2) is 4.76. The van der Waals surface area contributed by atoms with Gasteiger partial charge in [-0.25, -0.2) is 4.98 Å². The van der Waals surface area contributed by atoms with Crippen LogP contribution in [0.25, 0.3) is 0 Å². The zero-order valence-electron chi connectivity index (χ0n) is 8.53. The van der Waals surface area contributed by atoms with E-state index in [1.807, 2.05) is 14.0 Å². The first-order valence-corrected chi connectivity index (χ1v) is 4.59. The van der Waals surface area contributed by atoms with E-state index in [0.717, 1.165) is 0 Å². The molecule has 1 heterocycles. The maximum absolute atomic E-state index is 11.5. The van der Waals surface area contributed by atoms with Gasteiger partial charge in [0.2, 0.25) is 0 Å². The highest BCUT2D eigenvalue weighted by Gasteiger charge is 2.08. The quantitative estimate of drug-likeness (QED) is 0.697. The predicted octanol–water partition coefficient (Wildman–Crippen LogP) is -0.255. The van der Waals surface area contributed by atoms with Gasteiger partial charge in [-0.05, 0) is 12.5 Å². The Morgan fingerprint density at radius 2 is 2.50 bits per heavy atom. The Kier molecular flexibility index (Phi) is 3.64. The van der Waals surface area contributed by atoms with Crippen LogP contribution in [0.15, 0.2) is 12.5 Å². The van der Waals surface area contributed by atoms with Gasteiger partial charge in [0.1, 0.15) is 5.69 Å². The lowest BCUT2D eigenvalue weighted by Gasteiger charge is -2.08. The lowest BCUT2D eigenvalue weighted by Crippen LogP contribution is -2.31. The molecule has 0 aromatic carbocycles. The van der Waals surface area contributed by atoms with Crippen LogP contribution in [0, 0.1) is 5.92 Å². The Morgan fingerprint density at radius 1 is 1.79 bits per heavy atom. The van der Waals surface area contributed by atoms with E-state index in [1.165, 1.54) is 0 Å². The van der Waals surface area contributed by atoms with Crippen molar-refractivity contribution in [2.75, 3.05) is 13.1 Å². The molecule has 5 nitrogen and oxygen atoms in total. The number of nitrogens with zero attached hydrogens (tertiary/aromatic N) is 2. The predicted molar refractivity (Wildman–Crippen MR) is 53.8 cm³/mol. The fourth-order valence-electron chi connectivity index (χ4n) is 0.971. The SMILES string of the molecule is CC(CN)CNC(=O)c1cn(C)cn1. The van der Waals surface area contributed by atoms with Crippen molar-refractivity contribution in [1.29, 1.82) is 0 Å². The third kappa shape index (κ3) is 2.85. The number of hydrogen-bond acceptors (Lipinski definition) is 3. The standard InChI is InChI=1S/C9H16N4O/c1-7(3-10)4-11-9(14)8-5-13(2)6-12-8/h5-7H,3-4,10H2,1-2H3,(H,11,14). The van der Waals surface area contributed by atoms with Crippen LogP contribution in [-0.2, 0) is 7.05 Å². The maximum Gasteiger partial charge on any atom is 0.271 e. The highest BCUT2D eigenvalue weighted by Crippen LogP contribution is 1.94.